The van der Waals surface area contributed by atoms with E-state index in [-0.39, 0.29) is 18.4 Å². The van der Waals surface area contributed by atoms with Gasteiger partial charge in [0.1, 0.15) is 0 Å². The van der Waals surface area contributed by atoms with Gasteiger partial charge in [0.2, 0.25) is 0 Å². The summed E-state index contributed by atoms with van der Waals surface area (Å²) in [4.78, 5) is 0. The van der Waals surface area contributed by atoms with E-state index in [1.54, 1.807) is 8.61 Å². The van der Waals surface area contributed by atoms with Crippen molar-refractivity contribution in [3.8, 4) is 0 Å². The van der Waals surface area contributed by atoms with Gasteiger partial charge in [0.05, 0.1) is 0 Å². The SMILES string of the molecule is CC1CC(CN)CN1S(=O)(=O)N1CCCCCC1.Cl. The molecule has 114 valence electrons. The van der Waals surface area contributed by atoms with Gasteiger partial charge in [-0.1, -0.05) is 12.8 Å². The number of rotatable bonds is 3. The van der Waals surface area contributed by atoms with Crippen LogP contribution in [0.3, 0.4) is 0 Å². The molecule has 2 saturated heterocycles. The van der Waals surface area contributed by atoms with Crippen LogP contribution in [-0.4, -0.2) is 49.2 Å². The molecular weight excluding hydrogens is 286 g/mol. The summed E-state index contributed by atoms with van der Waals surface area (Å²) in [5.74, 6) is 0.321. The van der Waals surface area contributed by atoms with E-state index in [2.05, 4.69) is 0 Å². The van der Waals surface area contributed by atoms with Crippen molar-refractivity contribution >= 4 is 22.6 Å². The highest BCUT2D eigenvalue weighted by atomic mass is 35.5. The highest BCUT2D eigenvalue weighted by molar-refractivity contribution is 7.86. The highest BCUT2D eigenvalue weighted by Gasteiger charge is 2.39. The number of hydrogen-bond acceptors (Lipinski definition) is 3. The van der Waals surface area contributed by atoms with Crippen molar-refractivity contribution in [3.63, 3.8) is 0 Å². The molecule has 2 rings (SSSR count). The lowest BCUT2D eigenvalue weighted by Gasteiger charge is -2.28. The van der Waals surface area contributed by atoms with Crippen LogP contribution in [0.25, 0.3) is 0 Å². The van der Waals surface area contributed by atoms with Crippen LogP contribution in [0.4, 0.5) is 0 Å². The molecule has 2 aliphatic heterocycles. The monoisotopic (exact) mass is 311 g/mol. The van der Waals surface area contributed by atoms with Gasteiger partial charge in [-0.05, 0) is 38.6 Å². The molecule has 5 nitrogen and oxygen atoms in total. The van der Waals surface area contributed by atoms with Crippen molar-refractivity contribution in [2.45, 2.75) is 45.1 Å². The maximum Gasteiger partial charge on any atom is 0.282 e. The Morgan fingerprint density at radius 2 is 1.74 bits per heavy atom. The Kier molecular flexibility index (Phi) is 6.53. The van der Waals surface area contributed by atoms with Crippen molar-refractivity contribution < 1.29 is 8.42 Å². The Labute approximate surface area is 123 Å². The molecule has 2 N–H and O–H groups in total. The van der Waals surface area contributed by atoms with Crippen LogP contribution >= 0.6 is 12.4 Å². The van der Waals surface area contributed by atoms with E-state index in [1.807, 2.05) is 6.92 Å². The summed E-state index contributed by atoms with van der Waals surface area (Å²) in [5, 5.41) is 0. The van der Waals surface area contributed by atoms with Crippen LogP contribution in [0.1, 0.15) is 39.0 Å². The fourth-order valence-corrected chi connectivity index (χ4v) is 4.98. The molecule has 7 heteroatoms. The molecule has 0 aliphatic carbocycles. The quantitative estimate of drug-likeness (QED) is 0.851. The molecule has 2 aliphatic rings. The summed E-state index contributed by atoms with van der Waals surface area (Å²) in [6.07, 6.45) is 5.16. The normalized spacial score (nSPS) is 30.8. The summed E-state index contributed by atoms with van der Waals surface area (Å²) in [7, 11) is -3.27. The van der Waals surface area contributed by atoms with Crippen molar-refractivity contribution in [3.05, 3.63) is 0 Å². The minimum atomic E-state index is -3.27. The summed E-state index contributed by atoms with van der Waals surface area (Å²) in [6, 6.07) is 0.0896. The average Bonchev–Trinajstić information content (AvgIpc) is 2.55. The van der Waals surface area contributed by atoms with Gasteiger partial charge in [-0.15, -0.1) is 12.4 Å². The Balaban J connectivity index is 0.00000180. The number of hydrogen-bond donors (Lipinski definition) is 1. The predicted octanol–water partition coefficient (Wildman–Crippen LogP) is 1.20. The third-order valence-corrected chi connectivity index (χ3v) is 6.24. The third kappa shape index (κ3) is 3.82. The summed E-state index contributed by atoms with van der Waals surface area (Å²) >= 11 is 0. The Hall–Kier alpha value is 0.120. The van der Waals surface area contributed by atoms with Crippen LogP contribution in [0.2, 0.25) is 0 Å². The number of nitrogens with zero attached hydrogens (tertiary/aromatic N) is 2. The van der Waals surface area contributed by atoms with E-state index in [4.69, 9.17) is 5.73 Å². The minimum absolute atomic E-state index is 0. The van der Waals surface area contributed by atoms with Crippen molar-refractivity contribution in [2.75, 3.05) is 26.2 Å². The molecular formula is C12H26ClN3O2S. The molecule has 2 atom stereocenters. The van der Waals surface area contributed by atoms with Crippen LogP contribution in [-0.2, 0) is 10.2 Å². The lowest BCUT2D eigenvalue weighted by Crippen LogP contribution is -2.45. The third-order valence-electron chi connectivity index (χ3n) is 4.13. The Morgan fingerprint density at radius 3 is 2.21 bits per heavy atom. The molecule has 0 spiro atoms. The fourth-order valence-electron chi connectivity index (χ4n) is 3.02. The lowest BCUT2D eigenvalue weighted by atomic mass is 10.1. The van der Waals surface area contributed by atoms with Crippen molar-refractivity contribution in [1.82, 2.24) is 8.61 Å². The zero-order chi connectivity index (χ0) is 13.2. The summed E-state index contributed by atoms with van der Waals surface area (Å²) < 4.78 is 28.6. The topological polar surface area (TPSA) is 66.6 Å². The Bertz CT molecular complexity index is 369. The molecule has 0 aromatic carbocycles. The van der Waals surface area contributed by atoms with E-state index >= 15 is 0 Å². The van der Waals surface area contributed by atoms with Crippen LogP contribution in [0.15, 0.2) is 0 Å². The van der Waals surface area contributed by atoms with Gasteiger partial charge in [-0.3, -0.25) is 0 Å². The van der Waals surface area contributed by atoms with Crippen molar-refractivity contribution in [1.29, 1.82) is 0 Å². The van der Waals surface area contributed by atoms with Crippen LogP contribution < -0.4 is 5.73 Å². The second-order valence-corrected chi connectivity index (χ2v) is 7.46. The molecule has 19 heavy (non-hydrogen) atoms. The van der Waals surface area contributed by atoms with E-state index < -0.39 is 10.2 Å². The van der Waals surface area contributed by atoms with Gasteiger partial charge in [0.15, 0.2) is 0 Å². The molecule has 2 heterocycles. The van der Waals surface area contributed by atoms with E-state index in [9.17, 15) is 8.42 Å². The zero-order valence-electron chi connectivity index (χ0n) is 11.6. The zero-order valence-corrected chi connectivity index (χ0v) is 13.3. The van der Waals surface area contributed by atoms with Gasteiger partial charge in [0, 0.05) is 25.7 Å². The molecule has 0 radical (unpaired) electrons. The molecule has 2 unspecified atom stereocenters. The van der Waals surface area contributed by atoms with Gasteiger partial charge < -0.3 is 5.73 Å². The first-order valence-corrected chi connectivity index (χ1v) is 8.42. The molecule has 0 bridgehead atoms. The molecule has 0 amide bonds. The standard InChI is InChI=1S/C12H25N3O2S.ClH/c1-11-8-12(9-13)10-15(11)18(16,17)14-6-4-2-3-5-7-14;/h11-12H,2-10,13H2,1H3;1H. The van der Waals surface area contributed by atoms with E-state index in [0.717, 1.165) is 32.1 Å². The largest absolute Gasteiger partial charge is 0.330 e. The van der Waals surface area contributed by atoms with Gasteiger partial charge in [0.25, 0.3) is 10.2 Å². The van der Waals surface area contributed by atoms with E-state index in [0.29, 0.717) is 32.1 Å². The summed E-state index contributed by atoms with van der Waals surface area (Å²) in [5.41, 5.74) is 5.67. The maximum atomic E-state index is 12.6. The van der Waals surface area contributed by atoms with Crippen LogP contribution in [0, 0.1) is 5.92 Å². The second-order valence-electron chi connectivity index (χ2n) is 5.58. The van der Waals surface area contributed by atoms with Gasteiger partial charge in [-0.25, -0.2) is 0 Å². The Morgan fingerprint density at radius 1 is 1.16 bits per heavy atom. The number of halogens is 1. The molecule has 0 aromatic heterocycles. The smallest absolute Gasteiger partial charge is 0.282 e. The minimum Gasteiger partial charge on any atom is -0.330 e. The summed E-state index contributed by atoms with van der Waals surface area (Å²) in [6.45, 7) is 4.52. The van der Waals surface area contributed by atoms with Crippen molar-refractivity contribution in [2.24, 2.45) is 11.7 Å². The molecule has 0 aromatic rings. The lowest BCUT2D eigenvalue weighted by molar-refractivity contribution is 0.335. The van der Waals surface area contributed by atoms with E-state index in [1.165, 1.54) is 0 Å². The second kappa shape index (κ2) is 7.22. The maximum absolute atomic E-state index is 12.6. The van der Waals surface area contributed by atoms with Crippen LogP contribution in [0.5, 0.6) is 0 Å². The molecule has 0 saturated carbocycles. The first kappa shape index (κ1) is 17.2. The highest BCUT2D eigenvalue weighted by Crippen LogP contribution is 2.27. The van der Waals surface area contributed by atoms with Gasteiger partial charge >= 0.3 is 0 Å². The van der Waals surface area contributed by atoms with Gasteiger partial charge in [-0.2, -0.15) is 17.0 Å². The molecule has 2 fully saturated rings. The number of nitrogens with two attached hydrogens (primary N) is 1. The average molecular weight is 312 g/mol. The predicted molar refractivity (Wildman–Crippen MR) is 79.5 cm³/mol. The first-order valence-electron chi connectivity index (χ1n) is 7.02. The first-order chi connectivity index (χ1) is 8.55. The fraction of sp³-hybridized carbons (Fsp3) is 1.00.